The normalized spacial score (nSPS) is 15.7. The summed E-state index contributed by atoms with van der Waals surface area (Å²) in [5.41, 5.74) is 1.76. The molecule has 0 saturated carbocycles. The number of carboxylic acid groups (broad SMARTS) is 1. The van der Waals surface area contributed by atoms with Crippen LogP contribution in [-0.4, -0.2) is 49.0 Å². The van der Waals surface area contributed by atoms with Crippen molar-refractivity contribution in [1.29, 1.82) is 0 Å². The fraction of sp³-hybridized carbons (Fsp3) is 0.250. The number of hydrogen-bond donors (Lipinski definition) is 1. The summed E-state index contributed by atoms with van der Waals surface area (Å²) >= 11 is 1.32. The van der Waals surface area contributed by atoms with Crippen molar-refractivity contribution in [2.24, 2.45) is 0 Å². The quantitative estimate of drug-likeness (QED) is 0.744. The van der Waals surface area contributed by atoms with Gasteiger partial charge in [0.15, 0.2) is 0 Å². The van der Waals surface area contributed by atoms with Crippen LogP contribution in [0.25, 0.3) is 0 Å². The summed E-state index contributed by atoms with van der Waals surface area (Å²) in [4.78, 5) is 38.0. The van der Waals surface area contributed by atoms with Crippen LogP contribution >= 0.6 is 11.8 Å². The van der Waals surface area contributed by atoms with Crippen LogP contribution < -0.4 is 9.64 Å². The molecule has 7 nitrogen and oxygen atoms in total. The first-order chi connectivity index (χ1) is 13.4. The van der Waals surface area contributed by atoms with Gasteiger partial charge in [0.25, 0.3) is 0 Å². The maximum Gasteiger partial charge on any atom is 0.337 e. The van der Waals surface area contributed by atoms with E-state index in [1.54, 1.807) is 19.2 Å². The van der Waals surface area contributed by atoms with Crippen LogP contribution in [0.2, 0.25) is 0 Å². The van der Waals surface area contributed by atoms with Crippen molar-refractivity contribution < 1.29 is 29.0 Å². The third-order valence-electron chi connectivity index (χ3n) is 4.36. The molecule has 2 aromatic rings. The number of aliphatic carboxylic acids is 1. The van der Waals surface area contributed by atoms with Crippen LogP contribution in [0.15, 0.2) is 47.4 Å². The SMILES string of the molecule is COC(=O)c1ccc2c(c1)SC(Cc1ccc(OC)cc1)C(=O)N2CC(=O)O. The Hall–Kier alpha value is -3.00. The fourth-order valence-electron chi connectivity index (χ4n) is 2.98. The summed E-state index contributed by atoms with van der Waals surface area (Å²) in [6.45, 7) is -0.441. The zero-order chi connectivity index (χ0) is 20.3. The van der Waals surface area contributed by atoms with Gasteiger partial charge in [-0.05, 0) is 42.3 Å². The second kappa shape index (κ2) is 8.35. The second-order valence-corrected chi connectivity index (χ2v) is 7.40. The zero-order valence-corrected chi connectivity index (χ0v) is 16.2. The lowest BCUT2D eigenvalue weighted by molar-refractivity contribution is -0.136. The molecule has 3 rings (SSSR count). The van der Waals surface area contributed by atoms with Gasteiger partial charge in [0.05, 0.1) is 30.7 Å². The molecule has 1 amide bonds. The highest BCUT2D eigenvalue weighted by Crippen LogP contribution is 2.41. The first kappa shape index (κ1) is 19.8. The number of carboxylic acids is 1. The number of rotatable bonds is 6. The van der Waals surface area contributed by atoms with Gasteiger partial charge in [-0.15, -0.1) is 11.8 Å². The minimum Gasteiger partial charge on any atom is -0.497 e. The van der Waals surface area contributed by atoms with E-state index in [0.717, 1.165) is 5.56 Å². The van der Waals surface area contributed by atoms with Crippen molar-refractivity contribution in [2.75, 3.05) is 25.7 Å². The lowest BCUT2D eigenvalue weighted by atomic mass is 10.1. The topological polar surface area (TPSA) is 93.1 Å². The summed E-state index contributed by atoms with van der Waals surface area (Å²) in [7, 11) is 2.87. The maximum atomic E-state index is 13.0. The highest BCUT2D eigenvalue weighted by atomic mass is 32.2. The Morgan fingerprint density at radius 3 is 2.46 bits per heavy atom. The Kier molecular flexibility index (Phi) is 5.89. The summed E-state index contributed by atoms with van der Waals surface area (Å²) in [5, 5.41) is 8.73. The van der Waals surface area contributed by atoms with E-state index in [-0.39, 0.29) is 5.91 Å². The summed E-state index contributed by atoms with van der Waals surface area (Å²) in [5.74, 6) is -1.16. The lowest BCUT2D eigenvalue weighted by Gasteiger charge is -2.33. The number of esters is 1. The van der Waals surface area contributed by atoms with E-state index in [9.17, 15) is 19.5 Å². The molecule has 1 aliphatic rings. The number of carbonyl (C=O) groups excluding carboxylic acids is 2. The second-order valence-electron chi connectivity index (χ2n) is 6.15. The number of thioether (sulfide) groups is 1. The lowest BCUT2D eigenvalue weighted by Crippen LogP contribution is -2.44. The predicted octanol–water partition coefficient (Wildman–Crippen LogP) is 2.62. The molecule has 8 heteroatoms. The van der Waals surface area contributed by atoms with Gasteiger partial charge in [-0.25, -0.2) is 4.79 Å². The minimum absolute atomic E-state index is 0.276. The number of methoxy groups -OCH3 is 2. The first-order valence-corrected chi connectivity index (χ1v) is 9.36. The van der Waals surface area contributed by atoms with Crippen LogP contribution in [-0.2, 0) is 20.7 Å². The van der Waals surface area contributed by atoms with E-state index in [1.807, 2.05) is 24.3 Å². The molecule has 0 aromatic heterocycles. The largest absolute Gasteiger partial charge is 0.497 e. The maximum absolute atomic E-state index is 13.0. The van der Waals surface area contributed by atoms with Gasteiger partial charge in [0, 0.05) is 4.90 Å². The zero-order valence-electron chi connectivity index (χ0n) is 15.4. The molecule has 0 saturated heterocycles. The van der Waals surface area contributed by atoms with E-state index in [1.165, 1.54) is 29.8 Å². The van der Waals surface area contributed by atoms with Crippen molar-refractivity contribution in [3.8, 4) is 5.75 Å². The number of nitrogens with zero attached hydrogens (tertiary/aromatic N) is 1. The van der Waals surface area contributed by atoms with Gasteiger partial charge >= 0.3 is 11.9 Å². The number of amides is 1. The van der Waals surface area contributed by atoms with Gasteiger partial charge in [-0.3, -0.25) is 14.5 Å². The van der Waals surface area contributed by atoms with Crippen LogP contribution in [0.3, 0.4) is 0 Å². The predicted molar refractivity (Wildman–Crippen MR) is 104 cm³/mol. The van der Waals surface area contributed by atoms with E-state index in [2.05, 4.69) is 0 Å². The smallest absolute Gasteiger partial charge is 0.337 e. The molecular formula is C20H19NO6S. The molecule has 0 spiro atoms. The molecule has 1 N–H and O–H groups in total. The van der Waals surface area contributed by atoms with Gasteiger partial charge < -0.3 is 14.6 Å². The van der Waals surface area contributed by atoms with E-state index < -0.39 is 23.7 Å². The Labute approximate surface area is 166 Å². The molecule has 0 radical (unpaired) electrons. The van der Waals surface area contributed by atoms with Gasteiger partial charge in [-0.1, -0.05) is 12.1 Å². The monoisotopic (exact) mass is 401 g/mol. The number of fused-ring (bicyclic) bond motifs is 1. The summed E-state index contributed by atoms with van der Waals surface area (Å²) < 4.78 is 9.89. The standard InChI is InChI=1S/C20H19NO6S/c1-26-14-6-3-12(4-7-14)9-17-19(24)21(11-18(22)23)15-8-5-13(20(25)27-2)10-16(15)28-17/h3-8,10,17H,9,11H2,1-2H3,(H,22,23). The van der Waals surface area contributed by atoms with Crippen LogP contribution in [0.5, 0.6) is 5.75 Å². The summed E-state index contributed by atoms with van der Waals surface area (Å²) in [6, 6.07) is 12.1. The number of benzene rings is 2. The molecule has 0 bridgehead atoms. The van der Waals surface area contributed by atoms with Crippen molar-refractivity contribution in [3.63, 3.8) is 0 Å². The van der Waals surface area contributed by atoms with Crippen LogP contribution in [0.4, 0.5) is 5.69 Å². The molecular weight excluding hydrogens is 382 g/mol. The highest BCUT2D eigenvalue weighted by molar-refractivity contribution is 8.01. The molecule has 1 atom stereocenters. The molecule has 146 valence electrons. The molecule has 0 fully saturated rings. The molecule has 1 unspecified atom stereocenters. The van der Waals surface area contributed by atoms with E-state index >= 15 is 0 Å². The Bertz CT molecular complexity index is 911. The highest BCUT2D eigenvalue weighted by Gasteiger charge is 2.35. The Morgan fingerprint density at radius 1 is 1.14 bits per heavy atom. The average Bonchev–Trinajstić information content (AvgIpc) is 2.70. The molecule has 28 heavy (non-hydrogen) atoms. The Morgan fingerprint density at radius 2 is 1.86 bits per heavy atom. The fourth-order valence-corrected chi connectivity index (χ4v) is 4.28. The third kappa shape index (κ3) is 4.12. The van der Waals surface area contributed by atoms with Crippen LogP contribution in [0, 0.1) is 0 Å². The summed E-state index contributed by atoms with van der Waals surface area (Å²) in [6.07, 6.45) is 0.422. The number of carbonyl (C=O) groups is 3. The van der Waals surface area contributed by atoms with Crippen molar-refractivity contribution >= 4 is 35.3 Å². The van der Waals surface area contributed by atoms with Crippen molar-refractivity contribution in [1.82, 2.24) is 0 Å². The number of hydrogen-bond acceptors (Lipinski definition) is 6. The number of anilines is 1. The minimum atomic E-state index is -1.11. The molecule has 2 aromatic carbocycles. The van der Waals surface area contributed by atoms with Gasteiger partial charge in [0.2, 0.25) is 5.91 Å². The average molecular weight is 401 g/mol. The molecule has 1 aliphatic heterocycles. The van der Waals surface area contributed by atoms with Gasteiger partial charge in [0.1, 0.15) is 12.3 Å². The first-order valence-electron chi connectivity index (χ1n) is 8.48. The molecule has 1 heterocycles. The Balaban J connectivity index is 1.93. The van der Waals surface area contributed by atoms with Crippen molar-refractivity contribution in [2.45, 2.75) is 16.6 Å². The van der Waals surface area contributed by atoms with E-state index in [4.69, 9.17) is 9.47 Å². The number of ether oxygens (including phenoxy) is 2. The van der Waals surface area contributed by atoms with E-state index in [0.29, 0.717) is 28.3 Å². The molecule has 0 aliphatic carbocycles. The van der Waals surface area contributed by atoms with Crippen LogP contribution in [0.1, 0.15) is 15.9 Å². The van der Waals surface area contributed by atoms with Crippen molar-refractivity contribution in [3.05, 3.63) is 53.6 Å². The van der Waals surface area contributed by atoms with Gasteiger partial charge in [-0.2, -0.15) is 0 Å². The third-order valence-corrected chi connectivity index (χ3v) is 5.59.